The van der Waals surface area contributed by atoms with Crippen LogP contribution >= 0.6 is 11.8 Å². The summed E-state index contributed by atoms with van der Waals surface area (Å²) in [6, 6.07) is 8.11. The van der Waals surface area contributed by atoms with Crippen molar-refractivity contribution in [1.29, 1.82) is 0 Å². The number of hydrogen-bond donors (Lipinski definition) is 1. The van der Waals surface area contributed by atoms with Gasteiger partial charge in [-0.3, -0.25) is 4.79 Å². The van der Waals surface area contributed by atoms with Crippen LogP contribution in [0.25, 0.3) is 0 Å². The van der Waals surface area contributed by atoms with E-state index in [-0.39, 0.29) is 24.5 Å². The molecular weight excluding hydrogens is 376 g/mol. The SMILES string of the molecule is CC(C)Oc1cccc(CSc2nnc(CCC(N)=O)n2CC2CCCO2)c1. The molecule has 152 valence electrons. The van der Waals surface area contributed by atoms with E-state index in [1.165, 1.54) is 0 Å². The number of aromatic nitrogens is 3. The lowest BCUT2D eigenvalue weighted by atomic mass is 10.2. The topological polar surface area (TPSA) is 92.3 Å². The van der Waals surface area contributed by atoms with Crippen molar-refractivity contribution < 1.29 is 14.3 Å². The molecule has 1 saturated heterocycles. The van der Waals surface area contributed by atoms with Crippen molar-refractivity contribution in [1.82, 2.24) is 14.8 Å². The summed E-state index contributed by atoms with van der Waals surface area (Å²) in [7, 11) is 0. The molecule has 1 atom stereocenters. The first-order chi connectivity index (χ1) is 13.5. The molecule has 1 aliphatic heterocycles. The van der Waals surface area contributed by atoms with E-state index in [1.807, 2.05) is 26.0 Å². The molecule has 2 heterocycles. The van der Waals surface area contributed by atoms with Gasteiger partial charge in [0.2, 0.25) is 5.91 Å². The normalized spacial score (nSPS) is 16.6. The average molecular weight is 405 g/mol. The minimum absolute atomic E-state index is 0.144. The number of rotatable bonds is 10. The molecule has 0 spiro atoms. The maximum absolute atomic E-state index is 11.2. The van der Waals surface area contributed by atoms with Gasteiger partial charge in [0.1, 0.15) is 11.6 Å². The summed E-state index contributed by atoms with van der Waals surface area (Å²) in [6.45, 7) is 5.54. The summed E-state index contributed by atoms with van der Waals surface area (Å²) < 4.78 is 13.6. The van der Waals surface area contributed by atoms with Crippen molar-refractivity contribution in [2.75, 3.05) is 6.61 Å². The quantitative estimate of drug-likeness (QED) is 0.612. The first-order valence-corrected chi connectivity index (χ1v) is 10.7. The van der Waals surface area contributed by atoms with Crippen LogP contribution in [0.15, 0.2) is 29.4 Å². The zero-order valence-electron chi connectivity index (χ0n) is 16.5. The molecule has 0 radical (unpaired) electrons. The molecule has 1 aromatic carbocycles. The van der Waals surface area contributed by atoms with Crippen LogP contribution in [0.5, 0.6) is 5.75 Å². The largest absolute Gasteiger partial charge is 0.491 e. The number of benzene rings is 1. The van der Waals surface area contributed by atoms with Crippen molar-refractivity contribution in [2.24, 2.45) is 5.73 Å². The number of aryl methyl sites for hydroxylation is 1. The van der Waals surface area contributed by atoms with Crippen LogP contribution in [-0.2, 0) is 28.2 Å². The summed E-state index contributed by atoms with van der Waals surface area (Å²) in [6.07, 6.45) is 3.19. The molecule has 1 unspecified atom stereocenters. The highest BCUT2D eigenvalue weighted by Crippen LogP contribution is 2.26. The molecule has 3 rings (SSSR count). The Hall–Kier alpha value is -2.06. The molecule has 1 fully saturated rings. The van der Waals surface area contributed by atoms with E-state index in [4.69, 9.17) is 15.2 Å². The number of ether oxygens (including phenoxy) is 2. The highest BCUT2D eigenvalue weighted by molar-refractivity contribution is 7.98. The van der Waals surface area contributed by atoms with Crippen molar-refractivity contribution in [2.45, 2.75) is 69.2 Å². The molecule has 1 aromatic heterocycles. The second-order valence-electron chi connectivity index (χ2n) is 7.21. The number of thioether (sulfide) groups is 1. The molecular formula is C20H28N4O3S. The van der Waals surface area contributed by atoms with Gasteiger partial charge < -0.3 is 19.8 Å². The van der Waals surface area contributed by atoms with Gasteiger partial charge >= 0.3 is 0 Å². The first kappa shape index (κ1) is 20.7. The lowest BCUT2D eigenvalue weighted by Crippen LogP contribution is -2.19. The van der Waals surface area contributed by atoms with Gasteiger partial charge in [-0.1, -0.05) is 23.9 Å². The molecule has 28 heavy (non-hydrogen) atoms. The number of hydrogen-bond acceptors (Lipinski definition) is 6. The summed E-state index contributed by atoms with van der Waals surface area (Å²) in [5, 5.41) is 9.50. The van der Waals surface area contributed by atoms with Crippen LogP contribution in [-0.4, -0.2) is 39.5 Å². The Labute approximate surface area is 170 Å². The molecule has 0 bridgehead atoms. The van der Waals surface area contributed by atoms with Gasteiger partial charge in [-0.2, -0.15) is 0 Å². The number of nitrogens with zero attached hydrogens (tertiary/aromatic N) is 3. The molecule has 0 saturated carbocycles. The van der Waals surface area contributed by atoms with E-state index >= 15 is 0 Å². The fourth-order valence-corrected chi connectivity index (χ4v) is 4.06. The Kier molecular flexibility index (Phi) is 7.33. The Morgan fingerprint density at radius 1 is 1.43 bits per heavy atom. The van der Waals surface area contributed by atoms with Gasteiger partial charge in [0.25, 0.3) is 0 Å². The average Bonchev–Trinajstić information content (AvgIpc) is 3.28. The third kappa shape index (κ3) is 5.97. The number of carbonyl (C=O) groups is 1. The predicted molar refractivity (Wildman–Crippen MR) is 108 cm³/mol. The third-order valence-electron chi connectivity index (χ3n) is 4.44. The summed E-state index contributed by atoms with van der Waals surface area (Å²) in [5.41, 5.74) is 6.47. The molecule has 7 nitrogen and oxygen atoms in total. The monoisotopic (exact) mass is 404 g/mol. The summed E-state index contributed by atoms with van der Waals surface area (Å²) in [4.78, 5) is 11.2. The molecule has 0 aliphatic carbocycles. The van der Waals surface area contributed by atoms with Gasteiger partial charge in [-0.25, -0.2) is 0 Å². The van der Waals surface area contributed by atoms with E-state index in [0.29, 0.717) is 13.0 Å². The van der Waals surface area contributed by atoms with Crippen molar-refractivity contribution in [3.8, 4) is 5.75 Å². The fourth-order valence-electron chi connectivity index (χ4n) is 3.15. The van der Waals surface area contributed by atoms with Gasteiger partial charge in [0.05, 0.1) is 18.8 Å². The van der Waals surface area contributed by atoms with Crippen LogP contribution in [0.3, 0.4) is 0 Å². The minimum atomic E-state index is -0.331. The Morgan fingerprint density at radius 2 is 2.29 bits per heavy atom. The lowest BCUT2D eigenvalue weighted by molar-refractivity contribution is -0.118. The van der Waals surface area contributed by atoms with Gasteiger partial charge in [0.15, 0.2) is 5.16 Å². The van der Waals surface area contributed by atoms with E-state index in [9.17, 15) is 4.79 Å². The predicted octanol–water partition coefficient (Wildman–Crippen LogP) is 2.95. The Bertz CT molecular complexity index is 788. The van der Waals surface area contributed by atoms with Gasteiger partial charge in [0, 0.05) is 25.2 Å². The van der Waals surface area contributed by atoms with Crippen LogP contribution < -0.4 is 10.5 Å². The molecule has 1 aliphatic rings. The Morgan fingerprint density at radius 3 is 3.00 bits per heavy atom. The van der Waals surface area contributed by atoms with Crippen molar-refractivity contribution in [3.05, 3.63) is 35.7 Å². The van der Waals surface area contributed by atoms with Crippen LogP contribution in [0.4, 0.5) is 0 Å². The van der Waals surface area contributed by atoms with E-state index < -0.39 is 0 Å². The third-order valence-corrected chi connectivity index (χ3v) is 5.47. The number of primary amides is 1. The minimum Gasteiger partial charge on any atom is -0.491 e. The maximum Gasteiger partial charge on any atom is 0.217 e. The molecule has 1 amide bonds. The molecule has 2 N–H and O–H groups in total. The van der Waals surface area contributed by atoms with E-state index in [0.717, 1.165) is 47.5 Å². The summed E-state index contributed by atoms with van der Waals surface area (Å²) in [5.74, 6) is 2.09. The van der Waals surface area contributed by atoms with E-state index in [1.54, 1.807) is 11.8 Å². The molecule has 2 aromatic rings. The van der Waals surface area contributed by atoms with Crippen LogP contribution in [0.1, 0.15) is 44.5 Å². The highest BCUT2D eigenvalue weighted by atomic mass is 32.2. The zero-order valence-corrected chi connectivity index (χ0v) is 17.3. The van der Waals surface area contributed by atoms with E-state index in [2.05, 4.69) is 26.9 Å². The highest BCUT2D eigenvalue weighted by Gasteiger charge is 2.21. The first-order valence-electron chi connectivity index (χ1n) is 9.71. The van der Waals surface area contributed by atoms with Crippen LogP contribution in [0, 0.1) is 0 Å². The second-order valence-corrected chi connectivity index (χ2v) is 8.16. The number of carbonyl (C=O) groups excluding carboxylic acids is 1. The van der Waals surface area contributed by atoms with Crippen LogP contribution in [0.2, 0.25) is 0 Å². The maximum atomic E-state index is 11.2. The molecule has 8 heteroatoms. The smallest absolute Gasteiger partial charge is 0.217 e. The van der Waals surface area contributed by atoms with Crippen molar-refractivity contribution >= 4 is 17.7 Å². The Balaban J connectivity index is 1.70. The van der Waals surface area contributed by atoms with Gasteiger partial charge in [-0.15, -0.1) is 10.2 Å². The van der Waals surface area contributed by atoms with Crippen molar-refractivity contribution in [3.63, 3.8) is 0 Å². The number of amides is 1. The van der Waals surface area contributed by atoms with Gasteiger partial charge in [-0.05, 0) is 44.4 Å². The second kappa shape index (κ2) is 9.93. The fraction of sp³-hybridized carbons (Fsp3) is 0.550. The zero-order chi connectivity index (χ0) is 19.9. The number of nitrogens with two attached hydrogens (primary N) is 1. The summed E-state index contributed by atoms with van der Waals surface area (Å²) >= 11 is 1.63. The lowest BCUT2D eigenvalue weighted by Gasteiger charge is -2.15. The standard InChI is InChI=1S/C20H28N4O3S/c1-14(2)27-16-6-3-5-15(11-16)13-28-20-23-22-19(9-8-18(21)25)24(20)12-17-7-4-10-26-17/h3,5-6,11,14,17H,4,7-10,12-13H2,1-2H3,(H2,21,25).